The smallest absolute Gasteiger partial charge is 0.267 e. The number of aryl methyl sites for hydroxylation is 2. The maximum Gasteiger partial charge on any atom is 0.267 e. The van der Waals surface area contributed by atoms with Crippen LogP contribution in [0.2, 0.25) is 0 Å². The Labute approximate surface area is 123 Å². The van der Waals surface area contributed by atoms with Crippen LogP contribution in [0.25, 0.3) is 0 Å². The molecular weight excluding hydrogens is 292 g/mol. The number of anilines is 2. The molecule has 0 unspecified atom stereocenters. The van der Waals surface area contributed by atoms with E-state index >= 15 is 0 Å². The van der Waals surface area contributed by atoms with Crippen molar-refractivity contribution >= 4 is 21.5 Å². The number of methoxy groups -OCH3 is 1. The van der Waals surface area contributed by atoms with Crippen LogP contribution < -0.4 is 15.2 Å². The molecule has 2 aromatic rings. The fourth-order valence-corrected chi connectivity index (χ4v) is 3.06. The molecule has 0 amide bonds. The zero-order valence-corrected chi connectivity index (χ0v) is 12.9. The van der Waals surface area contributed by atoms with E-state index < -0.39 is 10.0 Å². The average molecular weight is 310 g/mol. The second kappa shape index (κ2) is 5.65. The summed E-state index contributed by atoms with van der Waals surface area (Å²) in [5, 5.41) is 3.94. The number of hydrogen-bond acceptors (Lipinski definition) is 5. The van der Waals surface area contributed by atoms with E-state index in [1.54, 1.807) is 25.3 Å². The lowest BCUT2D eigenvalue weighted by atomic mass is 10.2. The largest absolute Gasteiger partial charge is 0.496 e. The second-order valence-electron chi connectivity index (χ2n) is 4.52. The van der Waals surface area contributed by atoms with Gasteiger partial charge in [0.25, 0.3) is 10.0 Å². The van der Waals surface area contributed by atoms with Crippen molar-refractivity contribution < 1.29 is 13.2 Å². The lowest BCUT2D eigenvalue weighted by Crippen LogP contribution is -2.14. The van der Waals surface area contributed by atoms with Crippen molar-refractivity contribution in [2.75, 3.05) is 17.6 Å². The molecule has 1 aromatic carbocycles. The Hall–Kier alpha value is -2.22. The van der Waals surface area contributed by atoms with Crippen molar-refractivity contribution in [2.45, 2.75) is 25.3 Å². The zero-order valence-electron chi connectivity index (χ0n) is 12.1. The minimum atomic E-state index is -3.77. The summed E-state index contributed by atoms with van der Waals surface area (Å²) >= 11 is 0. The monoisotopic (exact) mass is 310 g/mol. The third-order valence-electron chi connectivity index (χ3n) is 3.02. The Kier molecular flexibility index (Phi) is 4.08. The first-order chi connectivity index (χ1) is 9.87. The molecule has 0 radical (unpaired) electrons. The van der Waals surface area contributed by atoms with Gasteiger partial charge in [0.05, 0.1) is 7.11 Å². The van der Waals surface area contributed by atoms with Crippen LogP contribution in [0.15, 0.2) is 29.3 Å². The van der Waals surface area contributed by atoms with E-state index in [4.69, 9.17) is 10.5 Å². The Morgan fingerprint density at radius 1 is 1.43 bits per heavy atom. The van der Waals surface area contributed by atoms with Gasteiger partial charge in [0.15, 0.2) is 5.82 Å². The number of nitrogens with one attached hydrogen (secondary N) is 1. The van der Waals surface area contributed by atoms with Gasteiger partial charge in [-0.25, -0.2) is 8.42 Å². The Bertz CT molecular complexity index is 753. The highest BCUT2D eigenvalue weighted by Gasteiger charge is 2.21. The fraction of sp³-hybridized carbons (Fsp3) is 0.308. The van der Waals surface area contributed by atoms with Gasteiger partial charge >= 0.3 is 0 Å². The van der Waals surface area contributed by atoms with E-state index in [-0.39, 0.29) is 10.7 Å². The fourth-order valence-electron chi connectivity index (χ4n) is 1.94. The molecule has 1 heterocycles. The summed E-state index contributed by atoms with van der Waals surface area (Å²) in [6.07, 6.45) is 1.41. The number of rotatable bonds is 5. The topological polar surface area (TPSA) is 99.2 Å². The van der Waals surface area contributed by atoms with Crippen molar-refractivity contribution in [1.29, 1.82) is 0 Å². The SMILES string of the molecule is CCn1cc(S(=O)(=O)Nc2ccc(OC)c(C)c2)c(N)n1. The van der Waals surface area contributed by atoms with Crippen LogP contribution in [0.5, 0.6) is 5.75 Å². The van der Waals surface area contributed by atoms with E-state index in [0.717, 1.165) is 5.56 Å². The number of aromatic nitrogens is 2. The van der Waals surface area contributed by atoms with Gasteiger partial charge < -0.3 is 10.5 Å². The maximum absolute atomic E-state index is 12.3. The molecule has 0 spiro atoms. The van der Waals surface area contributed by atoms with Crippen LogP contribution in [0.3, 0.4) is 0 Å². The Balaban J connectivity index is 2.32. The standard InChI is InChI=1S/C13H18N4O3S/c1-4-17-8-12(13(14)15-17)21(18,19)16-10-5-6-11(20-3)9(2)7-10/h5-8,16H,4H2,1-3H3,(H2,14,15). The first kappa shape index (κ1) is 15.2. The highest BCUT2D eigenvalue weighted by Crippen LogP contribution is 2.25. The third kappa shape index (κ3) is 3.10. The van der Waals surface area contributed by atoms with Crippen LogP contribution >= 0.6 is 0 Å². The Morgan fingerprint density at radius 2 is 2.14 bits per heavy atom. The molecule has 0 saturated heterocycles. The van der Waals surface area contributed by atoms with Gasteiger partial charge in [0.1, 0.15) is 10.6 Å². The molecule has 8 heteroatoms. The van der Waals surface area contributed by atoms with Gasteiger partial charge in [-0.05, 0) is 37.6 Å². The molecule has 114 valence electrons. The van der Waals surface area contributed by atoms with Crippen molar-refractivity contribution in [1.82, 2.24) is 9.78 Å². The normalized spacial score (nSPS) is 11.4. The van der Waals surface area contributed by atoms with Crippen LogP contribution in [0.4, 0.5) is 11.5 Å². The molecule has 7 nitrogen and oxygen atoms in total. The van der Waals surface area contributed by atoms with Gasteiger partial charge in [-0.15, -0.1) is 0 Å². The average Bonchev–Trinajstić information content (AvgIpc) is 2.81. The first-order valence-corrected chi connectivity index (χ1v) is 7.86. The minimum Gasteiger partial charge on any atom is -0.496 e. The molecule has 21 heavy (non-hydrogen) atoms. The van der Waals surface area contributed by atoms with Crippen LogP contribution in [0, 0.1) is 6.92 Å². The van der Waals surface area contributed by atoms with Crippen molar-refractivity contribution in [3.63, 3.8) is 0 Å². The number of nitrogen functional groups attached to an aromatic ring is 1. The van der Waals surface area contributed by atoms with E-state index in [9.17, 15) is 8.42 Å². The molecule has 0 bridgehead atoms. The van der Waals surface area contributed by atoms with Crippen LogP contribution in [-0.2, 0) is 16.6 Å². The predicted octanol–water partition coefficient (Wildman–Crippen LogP) is 1.60. The summed E-state index contributed by atoms with van der Waals surface area (Å²) < 4.78 is 33.8. The second-order valence-corrected chi connectivity index (χ2v) is 6.18. The number of ether oxygens (including phenoxy) is 1. The molecule has 0 aliphatic heterocycles. The molecule has 2 rings (SSSR count). The van der Waals surface area contributed by atoms with E-state index in [1.807, 2.05) is 13.8 Å². The number of nitrogens with two attached hydrogens (primary N) is 1. The van der Waals surface area contributed by atoms with Crippen LogP contribution in [0.1, 0.15) is 12.5 Å². The molecule has 1 aromatic heterocycles. The molecule has 3 N–H and O–H groups in total. The van der Waals surface area contributed by atoms with Gasteiger partial charge in [-0.3, -0.25) is 9.40 Å². The molecule has 0 saturated carbocycles. The van der Waals surface area contributed by atoms with Crippen LogP contribution in [-0.4, -0.2) is 25.3 Å². The molecule has 0 aliphatic rings. The third-order valence-corrected chi connectivity index (χ3v) is 4.41. The summed E-state index contributed by atoms with van der Waals surface area (Å²) in [5.74, 6) is 0.672. The number of benzene rings is 1. The first-order valence-electron chi connectivity index (χ1n) is 6.37. The summed E-state index contributed by atoms with van der Waals surface area (Å²) in [5.41, 5.74) is 6.93. The number of sulfonamides is 1. The van der Waals surface area contributed by atoms with Gasteiger partial charge in [0, 0.05) is 18.4 Å². The summed E-state index contributed by atoms with van der Waals surface area (Å²) in [4.78, 5) is -0.0298. The lowest BCUT2D eigenvalue weighted by molar-refractivity contribution is 0.412. The quantitative estimate of drug-likeness (QED) is 0.874. The Morgan fingerprint density at radius 3 is 2.67 bits per heavy atom. The zero-order chi connectivity index (χ0) is 15.6. The van der Waals surface area contributed by atoms with Gasteiger partial charge in [0.2, 0.25) is 0 Å². The minimum absolute atomic E-state index is 0.0189. The van der Waals surface area contributed by atoms with Gasteiger partial charge in [-0.1, -0.05) is 0 Å². The number of hydrogen-bond donors (Lipinski definition) is 2. The predicted molar refractivity (Wildman–Crippen MR) is 80.9 cm³/mol. The maximum atomic E-state index is 12.3. The summed E-state index contributed by atoms with van der Waals surface area (Å²) in [6.45, 7) is 4.23. The van der Waals surface area contributed by atoms with Gasteiger partial charge in [-0.2, -0.15) is 5.10 Å². The molecule has 0 aliphatic carbocycles. The molecule has 0 fully saturated rings. The van der Waals surface area contributed by atoms with E-state index in [1.165, 1.54) is 10.9 Å². The lowest BCUT2D eigenvalue weighted by Gasteiger charge is -2.10. The van der Waals surface area contributed by atoms with Crippen molar-refractivity contribution in [3.05, 3.63) is 30.0 Å². The molecular formula is C13H18N4O3S. The summed E-state index contributed by atoms with van der Waals surface area (Å²) in [6, 6.07) is 5.02. The van der Waals surface area contributed by atoms with E-state index in [2.05, 4.69) is 9.82 Å². The van der Waals surface area contributed by atoms with Crippen molar-refractivity contribution in [2.24, 2.45) is 0 Å². The highest BCUT2D eigenvalue weighted by molar-refractivity contribution is 7.92. The van der Waals surface area contributed by atoms with Crippen molar-refractivity contribution in [3.8, 4) is 5.75 Å². The number of nitrogens with zero attached hydrogens (tertiary/aromatic N) is 2. The molecule has 0 atom stereocenters. The highest BCUT2D eigenvalue weighted by atomic mass is 32.2. The van der Waals surface area contributed by atoms with E-state index in [0.29, 0.717) is 18.0 Å². The summed E-state index contributed by atoms with van der Waals surface area (Å²) in [7, 11) is -2.21.